The van der Waals surface area contributed by atoms with Crippen molar-refractivity contribution in [1.82, 2.24) is 10.2 Å². The lowest BCUT2D eigenvalue weighted by Crippen LogP contribution is -2.54. The van der Waals surface area contributed by atoms with Gasteiger partial charge in [-0.05, 0) is 43.9 Å². The van der Waals surface area contributed by atoms with Crippen molar-refractivity contribution >= 4 is 29.3 Å². The number of carbonyl (C=O) groups excluding carboxylic acids is 4. The van der Waals surface area contributed by atoms with Crippen molar-refractivity contribution in [3.05, 3.63) is 29.1 Å². The molecule has 1 aromatic carbocycles. The highest BCUT2D eigenvalue weighted by Crippen LogP contribution is 2.34. The van der Waals surface area contributed by atoms with E-state index in [-0.39, 0.29) is 29.7 Å². The monoisotopic (exact) mass is 388 g/mol. The Morgan fingerprint density at radius 3 is 2.50 bits per heavy atom. The van der Waals surface area contributed by atoms with Gasteiger partial charge in [0.25, 0.3) is 11.8 Å². The molecule has 0 bridgehead atoms. The Bertz CT molecular complexity index is 887. The van der Waals surface area contributed by atoms with Gasteiger partial charge in [-0.2, -0.15) is 0 Å². The molecule has 4 rings (SSSR count). The highest BCUT2D eigenvalue weighted by atomic mass is 19.1. The van der Waals surface area contributed by atoms with Gasteiger partial charge in [0.1, 0.15) is 11.9 Å². The molecule has 0 aromatic heterocycles. The van der Waals surface area contributed by atoms with E-state index in [9.17, 15) is 23.6 Å². The molecule has 3 N–H and O–H groups in total. The molecule has 3 heterocycles. The molecule has 2 unspecified atom stereocenters. The van der Waals surface area contributed by atoms with Crippen LogP contribution in [0.3, 0.4) is 0 Å². The van der Waals surface area contributed by atoms with E-state index in [1.165, 1.54) is 6.07 Å². The number of hydrogen-bond donors (Lipinski definition) is 2. The smallest absolute Gasteiger partial charge is 0.262 e. The van der Waals surface area contributed by atoms with Crippen molar-refractivity contribution < 1.29 is 23.6 Å². The number of halogens is 1. The fraction of sp³-hybridized carbons (Fsp3) is 0.474. The topological polar surface area (TPSA) is 113 Å². The van der Waals surface area contributed by atoms with Crippen molar-refractivity contribution in [2.45, 2.75) is 31.7 Å². The summed E-state index contributed by atoms with van der Waals surface area (Å²) >= 11 is 0. The number of benzene rings is 1. The van der Waals surface area contributed by atoms with Crippen LogP contribution in [0, 0.1) is 11.7 Å². The largest absolute Gasteiger partial charge is 0.369 e. The number of carbonyl (C=O) groups is 4. The zero-order valence-electron chi connectivity index (χ0n) is 15.2. The molecule has 3 aliphatic heterocycles. The van der Waals surface area contributed by atoms with Crippen LogP contribution in [0.5, 0.6) is 0 Å². The predicted molar refractivity (Wildman–Crippen MR) is 97.1 cm³/mol. The Balaban J connectivity index is 1.62. The number of imide groups is 2. The van der Waals surface area contributed by atoms with Crippen LogP contribution in [0.1, 0.15) is 46.4 Å². The molecule has 28 heavy (non-hydrogen) atoms. The Labute approximate surface area is 160 Å². The van der Waals surface area contributed by atoms with E-state index in [4.69, 9.17) is 5.73 Å². The van der Waals surface area contributed by atoms with Gasteiger partial charge < -0.3 is 10.6 Å². The third-order valence-electron chi connectivity index (χ3n) is 5.71. The van der Waals surface area contributed by atoms with Gasteiger partial charge in [0.15, 0.2) is 0 Å². The van der Waals surface area contributed by atoms with Gasteiger partial charge in [-0.15, -0.1) is 0 Å². The van der Waals surface area contributed by atoms with Gasteiger partial charge in [0, 0.05) is 19.5 Å². The number of fused-ring (bicyclic) bond motifs is 1. The zero-order valence-corrected chi connectivity index (χ0v) is 15.2. The molecule has 2 atom stereocenters. The van der Waals surface area contributed by atoms with Crippen LogP contribution in [0.15, 0.2) is 12.1 Å². The van der Waals surface area contributed by atoms with Crippen molar-refractivity contribution in [3.8, 4) is 0 Å². The highest BCUT2D eigenvalue weighted by Gasteiger charge is 2.45. The van der Waals surface area contributed by atoms with Crippen LogP contribution in [-0.2, 0) is 9.59 Å². The Morgan fingerprint density at radius 2 is 1.82 bits per heavy atom. The summed E-state index contributed by atoms with van der Waals surface area (Å²) in [5, 5.41) is 2.14. The van der Waals surface area contributed by atoms with Crippen molar-refractivity contribution in [1.29, 1.82) is 0 Å². The highest BCUT2D eigenvalue weighted by molar-refractivity contribution is 6.23. The molecule has 0 spiro atoms. The van der Waals surface area contributed by atoms with Gasteiger partial charge in [-0.25, -0.2) is 4.39 Å². The Morgan fingerprint density at radius 1 is 1.11 bits per heavy atom. The minimum Gasteiger partial charge on any atom is -0.369 e. The second-order valence-electron chi connectivity index (χ2n) is 7.47. The number of piperidine rings is 1. The van der Waals surface area contributed by atoms with E-state index in [0.29, 0.717) is 25.6 Å². The van der Waals surface area contributed by atoms with E-state index < -0.39 is 35.5 Å². The number of nitrogens with zero attached hydrogens (tertiary/aromatic N) is 2. The average Bonchev–Trinajstić information content (AvgIpc) is 3.19. The zero-order chi connectivity index (χ0) is 20.0. The number of amides is 4. The number of hydrogen-bond acceptors (Lipinski definition) is 6. The number of rotatable bonds is 4. The van der Waals surface area contributed by atoms with Gasteiger partial charge in [-0.1, -0.05) is 0 Å². The first-order valence-electron chi connectivity index (χ1n) is 9.41. The third-order valence-corrected chi connectivity index (χ3v) is 5.71. The molecule has 4 amide bonds. The SMILES string of the molecule is NCCC1CCN(c2cc3c(cc2F)C(=O)N(C2CCC(=O)NC2=O)C3=O)C1. The predicted octanol–water partition coefficient (Wildman–Crippen LogP) is 0.402. The molecule has 9 heteroatoms. The van der Waals surface area contributed by atoms with Crippen LogP contribution in [0.4, 0.5) is 10.1 Å². The van der Waals surface area contributed by atoms with Gasteiger partial charge >= 0.3 is 0 Å². The maximum absolute atomic E-state index is 14.7. The molecule has 0 saturated carbocycles. The maximum Gasteiger partial charge on any atom is 0.262 e. The van der Waals surface area contributed by atoms with Gasteiger partial charge in [-0.3, -0.25) is 29.4 Å². The van der Waals surface area contributed by atoms with E-state index in [2.05, 4.69) is 5.32 Å². The molecule has 0 aliphatic carbocycles. The summed E-state index contributed by atoms with van der Waals surface area (Å²) in [5.41, 5.74) is 5.93. The average molecular weight is 388 g/mol. The lowest BCUT2D eigenvalue weighted by Gasteiger charge is -2.27. The van der Waals surface area contributed by atoms with Crippen LogP contribution >= 0.6 is 0 Å². The summed E-state index contributed by atoms with van der Waals surface area (Å²) < 4.78 is 14.7. The normalized spacial score (nSPS) is 24.8. The minimum absolute atomic E-state index is 0.0414. The second kappa shape index (κ2) is 6.97. The maximum atomic E-state index is 14.7. The first-order valence-corrected chi connectivity index (χ1v) is 9.41. The molecule has 2 saturated heterocycles. The van der Waals surface area contributed by atoms with E-state index in [0.717, 1.165) is 23.8 Å². The Hall–Kier alpha value is -2.81. The second-order valence-corrected chi connectivity index (χ2v) is 7.47. The molecule has 2 fully saturated rings. The Kier molecular flexibility index (Phi) is 4.62. The van der Waals surface area contributed by atoms with Crippen LogP contribution in [-0.4, -0.2) is 54.2 Å². The first kappa shape index (κ1) is 18.5. The number of nitrogens with one attached hydrogen (secondary N) is 1. The van der Waals surface area contributed by atoms with Gasteiger partial charge in [0.2, 0.25) is 11.8 Å². The summed E-state index contributed by atoms with van der Waals surface area (Å²) in [6.45, 7) is 1.87. The molecule has 148 valence electrons. The summed E-state index contributed by atoms with van der Waals surface area (Å²) in [5.74, 6) is -2.66. The van der Waals surface area contributed by atoms with E-state index in [1.807, 2.05) is 4.90 Å². The summed E-state index contributed by atoms with van der Waals surface area (Å²) in [6.07, 6.45) is 1.85. The molecular formula is C19H21FN4O4. The molecular weight excluding hydrogens is 367 g/mol. The van der Waals surface area contributed by atoms with E-state index >= 15 is 0 Å². The van der Waals surface area contributed by atoms with Crippen molar-refractivity contribution in [2.75, 3.05) is 24.5 Å². The fourth-order valence-corrected chi connectivity index (χ4v) is 4.24. The molecule has 0 radical (unpaired) electrons. The molecule has 8 nitrogen and oxygen atoms in total. The number of nitrogens with two attached hydrogens (primary N) is 1. The molecule has 1 aromatic rings. The first-order chi connectivity index (χ1) is 13.4. The lowest BCUT2D eigenvalue weighted by molar-refractivity contribution is -0.136. The van der Waals surface area contributed by atoms with Crippen LogP contribution < -0.4 is 16.0 Å². The molecule has 3 aliphatic rings. The van der Waals surface area contributed by atoms with Gasteiger partial charge in [0.05, 0.1) is 16.8 Å². The van der Waals surface area contributed by atoms with E-state index in [1.54, 1.807) is 0 Å². The van der Waals surface area contributed by atoms with Crippen LogP contribution in [0.25, 0.3) is 0 Å². The van der Waals surface area contributed by atoms with Crippen LogP contribution in [0.2, 0.25) is 0 Å². The van der Waals surface area contributed by atoms with Crippen molar-refractivity contribution in [3.63, 3.8) is 0 Å². The minimum atomic E-state index is -1.06. The third kappa shape index (κ3) is 2.95. The number of anilines is 1. The summed E-state index contributed by atoms with van der Waals surface area (Å²) in [7, 11) is 0. The lowest BCUT2D eigenvalue weighted by atomic mass is 10.0. The summed E-state index contributed by atoms with van der Waals surface area (Å²) in [4.78, 5) is 51.7. The summed E-state index contributed by atoms with van der Waals surface area (Å²) in [6, 6.07) is 1.42. The standard InChI is InChI=1S/C19H21FN4O4/c20-13-7-11-12(8-15(13)23-6-4-10(9-23)3-5-21)19(28)24(18(11)27)14-1-2-16(25)22-17(14)26/h7-8,10,14H,1-6,9,21H2,(H,22,25,26). The fourth-order valence-electron chi connectivity index (χ4n) is 4.24. The quantitative estimate of drug-likeness (QED) is 0.722. The van der Waals surface area contributed by atoms with Crippen molar-refractivity contribution in [2.24, 2.45) is 11.7 Å².